The largest absolute Gasteiger partial charge is 0.382 e. The summed E-state index contributed by atoms with van der Waals surface area (Å²) >= 11 is 3.32. The lowest BCUT2D eigenvalue weighted by atomic mass is 10.3. The second kappa shape index (κ2) is 5.17. The van der Waals surface area contributed by atoms with Crippen LogP contribution in [-0.2, 0) is 10.0 Å². The smallest absolute Gasteiger partial charge is 0.210 e. The van der Waals surface area contributed by atoms with Crippen molar-refractivity contribution in [2.24, 2.45) is 5.14 Å². The summed E-state index contributed by atoms with van der Waals surface area (Å²) in [4.78, 5) is 8.43. The number of halogens is 1. The van der Waals surface area contributed by atoms with Gasteiger partial charge in [0.1, 0.15) is 5.52 Å². The molecule has 2 heterocycles. The standard InChI is InChI=1S/C10H11BrN4O2S/c11-7-5-9-10(15-6-7)8(1-2-13-9)14-3-4-18(12,16)17/h1-2,5-6H,3-4H2,(H,13,14)(H2,12,16,17). The van der Waals surface area contributed by atoms with Crippen LogP contribution in [0.5, 0.6) is 0 Å². The minimum Gasteiger partial charge on any atom is -0.382 e. The number of primary sulfonamides is 1. The molecule has 2 aromatic rings. The Balaban J connectivity index is 2.23. The molecule has 3 N–H and O–H groups in total. The third-order valence-electron chi connectivity index (χ3n) is 2.25. The Kier molecular flexibility index (Phi) is 3.79. The molecule has 0 unspecified atom stereocenters. The van der Waals surface area contributed by atoms with Gasteiger partial charge in [0.2, 0.25) is 10.0 Å². The lowest BCUT2D eigenvalue weighted by Crippen LogP contribution is -2.22. The van der Waals surface area contributed by atoms with Crippen LogP contribution in [0.25, 0.3) is 11.0 Å². The first-order valence-electron chi connectivity index (χ1n) is 5.10. The number of pyridine rings is 2. The topological polar surface area (TPSA) is 98.0 Å². The van der Waals surface area contributed by atoms with Crippen LogP contribution in [0.3, 0.4) is 0 Å². The van der Waals surface area contributed by atoms with Crippen LogP contribution < -0.4 is 10.5 Å². The number of hydrogen-bond donors (Lipinski definition) is 2. The van der Waals surface area contributed by atoms with E-state index in [0.717, 1.165) is 15.7 Å². The molecule has 0 aliphatic heterocycles. The molecule has 8 heteroatoms. The summed E-state index contributed by atoms with van der Waals surface area (Å²) in [6.45, 7) is 0.232. The molecular weight excluding hydrogens is 320 g/mol. The summed E-state index contributed by atoms with van der Waals surface area (Å²) in [6, 6.07) is 3.58. The van der Waals surface area contributed by atoms with E-state index in [-0.39, 0.29) is 12.3 Å². The van der Waals surface area contributed by atoms with Gasteiger partial charge in [0.25, 0.3) is 0 Å². The van der Waals surface area contributed by atoms with Gasteiger partial charge in [0.15, 0.2) is 0 Å². The van der Waals surface area contributed by atoms with E-state index in [1.807, 2.05) is 6.07 Å². The van der Waals surface area contributed by atoms with Gasteiger partial charge in [-0.05, 0) is 28.1 Å². The summed E-state index contributed by atoms with van der Waals surface area (Å²) in [5.74, 6) is -0.132. The van der Waals surface area contributed by atoms with Crippen LogP contribution in [0.1, 0.15) is 0 Å². The molecule has 0 aliphatic carbocycles. The van der Waals surface area contributed by atoms with E-state index < -0.39 is 10.0 Å². The Morgan fingerprint density at radius 1 is 1.39 bits per heavy atom. The Labute approximate surface area is 113 Å². The van der Waals surface area contributed by atoms with E-state index in [4.69, 9.17) is 5.14 Å². The zero-order valence-electron chi connectivity index (χ0n) is 9.30. The van der Waals surface area contributed by atoms with E-state index in [1.165, 1.54) is 0 Å². The maximum absolute atomic E-state index is 10.8. The van der Waals surface area contributed by atoms with Crippen LogP contribution in [0, 0.1) is 0 Å². The monoisotopic (exact) mass is 330 g/mol. The third-order valence-corrected chi connectivity index (χ3v) is 3.45. The Morgan fingerprint density at radius 3 is 2.89 bits per heavy atom. The molecular formula is C10H11BrN4O2S. The predicted molar refractivity (Wildman–Crippen MR) is 73.7 cm³/mol. The maximum atomic E-state index is 10.8. The molecule has 0 spiro atoms. The van der Waals surface area contributed by atoms with Crippen LogP contribution in [0.4, 0.5) is 5.69 Å². The fourth-order valence-corrected chi connectivity index (χ4v) is 2.18. The number of nitrogens with one attached hydrogen (secondary N) is 1. The zero-order valence-corrected chi connectivity index (χ0v) is 11.7. The normalized spacial score (nSPS) is 11.7. The van der Waals surface area contributed by atoms with E-state index in [1.54, 1.807) is 18.5 Å². The van der Waals surface area contributed by atoms with Gasteiger partial charge in [-0.2, -0.15) is 0 Å². The molecule has 0 saturated heterocycles. The molecule has 0 amide bonds. The lowest BCUT2D eigenvalue weighted by molar-refractivity contribution is 0.598. The summed E-state index contributed by atoms with van der Waals surface area (Å²) < 4.78 is 22.5. The molecule has 0 bridgehead atoms. The van der Waals surface area contributed by atoms with Crippen molar-refractivity contribution in [1.29, 1.82) is 0 Å². The van der Waals surface area contributed by atoms with Gasteiger partial charge in [-0.3, -0.25) is 9.97 Å². The van der Waals surface area contributed by atoms with Crippen molar-refractivity contribution in [3.8, 4) is 0 Å². The summed E-state index contributed by atoms with van der Waals surface area (Å²) in [6.07, 6.45) is 3.30. The molecule has 0 atom stereocenters. The highest BCUT2D eigenvalue weighted by Gasteiger charge is 2.06. The van der Waals surface area contributed by atoms with Gasteiger partial charge < -0.3 is 5.32 Å². The number of fused-ring (bicyclic) bond motifs is 1. The Hall–Kier alpha value is -1.25. The first-order valence-corrected chi connectivity index (χ1v) is 7.61. The Bertz CT molecular complexity index is 675. The fraction of sp³-hybridized carbons (Fsp3) is 0.200. The maximum Gasteiger partial charge on any atom is 0.210 e. The fourth-order valence-electron chi connectivity index (χ4n) is 1.48. The van der Waals surface area contributed by atoms with Crippen molar-refractivity contribution in [3.05, 3.63) is 29.0 Å². The van der Waals surface area contributed by atoms with E-state index in [9.17, 15) is 8.42 Å². The van der Waals surface area contributed by atoms with Gasteiger partial charge in [0, 0.05) is 23.4 Å². The van der Waals surface area contributed by atoms with Crippen LogP contribution in [0.2, 0.25) is 0 Å². The molecule has 0 saturated carbocycles. The number of nitrogens with two attached hydrogens (primary N) is 1. The molecule has 0 aromatic carbocycles. The van der Waals surface area contributed by atoms with Crippen LogP contribution in [0.15, 0.2) is 29.0 Å². The van der Waals surface area contributed by atoms with Crippen molar-refractivity contribution in [3.63, 3.8) is 0 Å². The average molecular weight is 331 g/mol. The van der Waals surface area contributed by atoms with Crippen molar-refractivity contribution in [1.82, 2.24) is 9.97 Å². The van der Waals surface area contributed by atoms with Gasteiger partial charge in [-0.1, -0.05) is 0 Å². The highest BCUT2D eigenvalue weighted by molar-refractivity contribution is 9.10. The van der Waals surface area contributed by atoms with Gasteiger partial charge >= 0.3 is 0 Å². The van der Waals surface area contributed by atoms with Crippen molar-refractivity contribution < 1.29 is 8.42 Å². The third kappa shape index (κ3) is 3.37. The minimum absolute atomic E-state index is 0.132. The van der Waals surface area contributed by atoms with Gasteiger partial charge in [-0.15, -0.1) is 0 Å². The van der Waals surface area contributed by atoms with Crippen molar-refractivity contribution in [2.75, 3.05) is 17.6 Å². The van der Waals surface area contributed by atoms with Crippen molar-refractivity contribution >= 4 is 42.7 Å². The average Bonchev–Trinajstić information content (AvgIpc) is 2.27. The van der Waals surface area contributed by atoms with E-state index in [0.29, 0.717) is 5.52 Å². The molecule has 18 heavy (non-hydrogen) atoms. The van der Waals surface area contributed by atoms with Crippen molar-refractivity contribution in [2.45, 2.75) is 0 Å². The number of anilines is 1. The predicted octanol–water partition coefficient (Wildman–Crippen LogP) is 1.09. The van der Waals surface area contributed by atoms with E-state index >= 15 is 0 Å². The number of rotatable bonds is 4. The highest BCUT2D eigenvalue weighted by atomic mass is 79.9. The number of nitrogens with zero attached hydrogens (tertiary/aromatic N) is 2. The zero-order chi connectivity index (χ0) is 13.2. The van der Waals surface area contributed by atoms with Crippen LogP contribution >= 0.6 is 15.9 Å². The lowest BCUT2D eigenvalue weighted by Gasteiger charge is -2.07. The molecule has 0 radical (unpaired) electrons. The molecule has 2 rings (SSSR count). The minimum atomic E-state index is -3.46. The van der Waals surface area contributed by atoms with Gasteiger partial charge in [-0.25, -0.2) is 13.6 Å². The highest BCUT2D eigenvalue weighted by Crippen LogP contribution is 2.21. The second-order valence-electron chi connectivity index (χ2n) is 3.67. The molecule has 6 nitrogen and oxygen atoms in total. The first kappa shape index (κ1) is 13.2. The second-order valence-corrected chi connectivity index (χ2v) is 6.32. The molecule has 0 aliphatic rings. The number of hydrogen-bond acceptors (Lipinski definition) is 5. The quantitative estimate of drug-likeness (QED) is 0.874. The van der Waals surface area contributed by atoms with Gasteiger partial charge in [0.05, 0.1) is 17.0 Å². The first-order chi connectivity index (χ1) is 8.46. The molecule has 0 fully saturated rings. The Morgan fingerprint density at radius 2 is 2.17 bits per heavy atom. The SMILES string of the molecule is NS(=O)(=O)CCNc1ccnc2cc(Br)cnc12. The summed E-state index contributed by atoms with van der Waals surface area (Å²) in [7, 11) is -3.46. The van der Waals surface area contributed by atoms with Crippen LogP contribution in [-0.4, -0.2) is 30.7 Å². The molecule has 96 valence electrons. The number of sulfonamides is 1. The van der Waals surface area contributed by atoms with E-state index in [2.05, 4.69) is 31.2 Å². The number of aromatic nitrogens is 2. The molecule has 2 aromatic heterocycles. The summed E-state index contributed by atoms with van der Waals surface area (Å²) in [5, 5.41) is 7.92. The summed E-state index contributed by atoms with van der Waals surface area (Å²) in [5.41, 5.74) is 2.15.